The summed E-state index contributed by atoms with van der Waals surface area (Å²) in [5.74, 6) is -2.13. The second-order valence-electron chi connectivity index (χ2n) is 7.10. The van der Waals surface area contributed by atoms with Crippen LogP contribution in [-0.4, -0.2) is 28.5 Å². The number of benzene rings is 1. The fourth-order valence-corrected chi connectivity index (χ4v) is 3.36. The minimum Gasteiger partial charge on any atom is -0.481 e. The quantitative estimate of drug-likeness (QED) is 0.780. The van der Waals surface area contributed by atoms with Crippen LogP contribution >= 0.6 is 0 Å². The number of carboxylic acid groups (broad SMARTS) is 1. The number of anilines is 2. The van der Waals surface area contributed by atoms with Crippen molar-refractivity contribution in [3.05, 3.63) is 18.2 Å². The number of hydrogen-bond acceptors (Lipinski definition) is 4. The van der Waals surface area contributed by atoms with Gasteiger partial charge in [0.2, 0.25) is 5.91 Å². The van der Waals surface area contributed by atoms with Crippen molar-refractivity contribution in [3.63, 3.8) is 0 Å². The molecule has 134 valence electrons. The molecule has 0 spiro atoms. The number of carboxylic acids is 1. The molecule has 1 saturated carbocycles. The second-order valence-corrected chi connectivity index (χ2v) is 7.10. The van der Waals surface area contributed by atoms with Crippen LogP contribution in [0.4, 0.5) is 11.4 Å². The van der Waals surface area contributed by atoms with E-state index in [4.69, 9.17) is 4.74 Å². The lowest BCUT2D eigenvalue weighted by atomic mass is 9.78. The number of aliphatic carboxylic acids is 1. The molecule has 2 amide bonds. The van der Waals surface area contributed by atoms with Gasteiger partial charge in [0.15, 0.2) is 5.60 Å². The third-order valence-electron chi connectivity index (χ3n) is 4.83. The van der Waals surface area contributed by atoms with Gasteiger partial charge in [-0.2, -0.15) is 0 Å². The number of ether oxygens (including phenoxy) is 1. The topological polar surface area (TPSA) is 105 Å². The highest BCUT2D eigenvalue weighted by atomic mass is 16.5. The predicted molar refractivity (Wildman–Crippen MR) is 91.5 cm³/mol. The number of nitrogens with one attached hydrogen (secondary N) is 2. The Labute approximate surface area is 145 Å². The SMILES string of the molecule is CC1(C)Oc2ccc(NC(=O)[C@H]3CCCC[C@H]3C(=O)O)cc2NC1=O. The molecular weight excluding hydrogens is 324 g/mol. The molecule has 0 unspecified atom stereocenters. The maximum Gasteiger partial charge on any atom is 0.307 e. The molecule has 3 rings (SSSR count). The van der Waals surface area contributed by atoms with Gasteiger partial charge in [0.1, 0.15) is 5.75 Å². The second kappa shape index (κ2) is 6.38. The number of rotatable bonds is 3. The first-order chi connectivity index (χ1) is 11.8. The summed E-state index contributed by atoms with van der Waals surface area (Å²) in [4.78, 5) is 35.9. The number of carbonyl (C=O) groups excluding carboxylic acids is 2. The van der Waals surface area contributed by atoms with Crippen LogP contribution in [0.1, 0.15) is 39.5 Å². The summed E-state index contributed by atoms with van der Waals surface area (Å²) in [6, 6.07) is 4.99. The van der Waals surface area contributed by atoms with Crippen molar-refractivity contribution in [2.75, 3.05) is 10.6 Å². The van der Waals surface area contributed by atoms with Crippen LogP contribution < -0.4 is 15.4 Å². The van der Waals surface area contributed by atoms with Gasteiger partial charge < -0.3 is 20.5 Å². The van der Waals surface area contributed by atoms with Crippen LogP contribution in [0.5, 0.6) is 5.75 Å². The Hall–Kier alpha value is -2.57. The molecule has 1 aliphatic heterocycles. The zero-order chi connectivity index (χ0) is 18.2. The van der Waals surface area contributed by atoms with Crippen LogP contribution in [0.25, 0.3) is 0 Å². The lowest BCUT2D eigenvalue weighted by Gasteiger charge is -2.32. The van der Waals surface area contributed by atoms with E-state index in [9.17, 15) is 19.5 Å². The molecule has 0 aromatic heterocycles. The fraction of sp³-hybridized carbons (Fsp3) is 0.500. The van der Waals surface area contributed by atoms with Crippen molar-refractivity contribution >= 4 is 29.2 Å². The van der Waals surface area contributed by atoms with E-state index < -0.39 is 23.4 Å². The van der Waals surface area contributed by atoms with Crippen molar-refractivity contribution < 1.29 is 24.2 Å². The molecule has 0 bridgehead atoms. The molecule has 0 radical (unpaired) electrons. The minimum absolute atomic E-state index is 0.262. The van der Waals surface area contributed by atoms with Crippen LogP contribution in [0, 0.1) is 11.8 Å². The van der Waals surface area contributed by atoms with E-state index in [2.05, 4.69) is 10.6 Å². The lowest BCUT2D eigenvalue weighted by molar-refractivity contribution is -0.147. The first-order valence-corrected chi connectivity index (χ1v) is 8.46. The largest absolute Gasteiger partial charge is 0.481 e. The first-order valence-electron chi connectivity index (χ1n) is 8.46. The molecule has 7 nitrogen and oxygen atoms in total. The summed E-state index contributed by atoms with van der Waals surface area (Å²) in [6.45, 7) is 3.35. The van der Waals surface area contributed by atoms with E-state index in [0.717, 1.165) is 12.8 Å². The van der Waals surface area contributed by atoms with Gasteiger partial charge in [-0.3, -0.25) is 14.4 Å². The van der Waals surface area contributed by atoms with Gasteiger partial charge in [-0.15, -0.1) is 0 Å². The summed E-state index contributed by atoms with van der Waals surface area (Å²) in [5.41, 5.74) is 0.0387. The fourth-order valence-electron chi connectivity index (χ4n) is 3.36. The van der Waals surface area contributed by atoms with Crippen molar-refractivity contribution in [3.8, 4) is 5.75 Å². The third-order valence-corrected chi connectivity index (χ3v) is 4.83. The molecule has 1 aromatic rings. The van der Waals surface area contributed by atoms with Gasteiger partial charge in [-0.25, -0.2) is 0 Å². The maximum atomic E-state index is 12.5. The summed E-state index contributed by atoms with van der Waals surface area (Å²) >= 11 is 0. The minimum atomic E-state index is -0.950. The average Bonchev–Trinajstić information content (AvgIpc) is 2.56. The predicted octanol–water partition coefficient (Wildman–Crippen LogP) is 2.63. The zero-order valence-corrected chi connectivity index (χ0v) is 14.3. The number of hydrogen-bond donors (Lipinski definition) is 3. The Morgan fingerprint density at radius 2 is 1.92 bits per heavy atom. The summed E-state index contributed by atoms with van der Waals surface area (Å²) in [7, 11) is 0. The molecule has 2 aliphatic rings. The monoisotopic (exact) mass is 346 g/mol. The molecule has 1 aromatic carbocycles. The van der Waals surface area contributed by atoms with Crippen molar-refractivity contribution in [1.82, 2.24) is 0 Å². The highest BCUT2D eigenvalue weighted by molar-refractivity contribution is 6.01. The third kappa shape index (κ3) is 3.45. The Morgan fingerprint density at radius 1 is 1.24 bits per heavy atom. The van der Waals surface area contributed by atoms with E-state index in [-0.39, 0.29) is 11.8 Å². The molecule has 1 aliphatic carbocycles. The average molecular weight is 346 g/mol. The number of carbonyl (C=O) groups is 3. The normalized spacial score (nSPS) is 24.5. The van der Waals surface area contributed by atoms with Crippen molar-refractivity contribution in [2.45, 2.75) is 45.1 Å². The smallest absolute Gasteiger partial charge is 0.307 e. The van der Waals surface area contributed by atoms with Gasteiger partial charge in [0, 0.05) is 5.69 Å². The van der Waals surface area contributed by atoms with Crippen LogP contribution in [-0.2, 0) is 14.4 Å². The van der Waals surface area contributed by atoms with Crippen LogP contribution in [0.3, 0.4) is 0 Å². The number of fused-ring (bicyclic) bond motifs is 1. The van der Waals surface area contributed by atoms with Gasteiger partial charge in [0.25, 0.3) is 5.91 Å². The van der Waals surface area contributed by atoms with Gasteiger partial charge in [-0.1, -0.05) is 12.8 Å². The zero-order valence-electron chi connectivity index (χ0n) is 14.3. The molecule has 2 atom stereocenters. The molecule has 7 heteroatoms. The Kier molecular flexibility index (Phi) is 4.41. The molecule has 1 heterocycles. The van der Waals surface area contributed by atoms with E-state index >= 15 is 0 Å². The Balaban J connectivity index is 1.75. The molecular formula is C18H22N2O5. The summed E-state index contributed by atoms with van der Waals surface area (Å²) < 4.78 is 5.65. The molecule has 25 heavy (non-hydrogen) atoms. The van der Waals surface area contributed by atoms with E-state index in [1.165, 1.54) is 0 Å². The van der Waals surface area contributed by atoms with Crippen molar-refractivity contribution in [1.29, 1.82) is 0 Å². The molecule has 0 saturated heterocycles. The maximum absolute atomic E-state index is 12.5. The highest BCUT2D eigenvalue weighted by Gasteiger charge is 2.37. The molecule has 1 fully saturated rings. The lowest BCUT2D eigenvalue weighted by Crippen LogP contribution is -2.45. The van der Waals surface area contributed by atoms with E-state index in [1.54, 1.807) is 32.0 Å². The summed E-state index contributed by atoms with van der Waals surface area (Å²) in [6.07, 6.45) is 2.78. The van der Waals surface area contributed by atoms with Crippen LogP contribution in [0.2, 0.25) is 0 Å². The first kappa shape index (κ1) is 17.3. The number of amides is 2. The summed E-state index contributed by atoms with van der Waals surface area (Å²) in [5, 5.41) is 14.8. The van der Waals surface area contributed by atoms with Crippen LogP contribution in [0.15, 0.2) is 18.2 Å². The van der Waals surface area contributed by atoms with E-state index in [0.29, 0.717) is 30.0 Å². The van der Waals surface area contributed by atoms with Crippen molar-refractivity contribution in [2.24, 2.45) is 11.8 Å². The Morgan fingerprint density at radius 3 is 2.60 bits per heavy atom. The highest BCUT2D eigenvalue weighted by Crippen LogP contribution is 2.36. The van der Waals surface area contributed by atoms with Gasteiger partial charge in [0.05, 0.1) is 17.5 Å². The van der Waals surface area contributed by atoms with Gasteiger partial charge in [-0.05, 0) is 44.9 Å². The molecule has 3 N–H and O–H groups in total. The standard InChI is InChI=1S/C18H22N2O5/c1-18(2)17(24)20-13-9-10(7-8-14(13)25-18)19-15(21)11-5-3-4-6-12(11)16(22)23/h7-9,11-12H,3-6H2,1-2H3,(H,19,21)(H,20,24)(H,22,23)/t11-,12+/m0/s1. The Bertz CT molecular complexity index is 728. The van der Waals surface area contributed by atoms with Gasteiger partial charge >= 0.3 is 5.97 Å². The van der Waals surface area contributed by atoms with E-state index in [1.807, 2.05) is 0 Å².